The molecule has 2 rings (SSSR count). The third-order valence-corrected chi connectivity index (χ3v) is 3.64. The van der Waals surface area contributed by atoms with E-state index in [1.807, 2.05) is 12.1 Å². The number of aromatic nitrogens is 1. The lowest BCUT2D eigenvalue weighted by molar-refractivity contribution is 0.305. The monoisotopic (exact) mass is 418 g/mol. The number of hydrogen-bond acceptors (Lipinski definition) is 3. The minimum absolute atomic E-state index is 0. The summed E-state index contributed by atoms with van der Waals surface area (Å²) in [5, 5.41) is 3.31. The quantitative estimate of drug-likeness (QED) is 0.423. The molecule has 0 bridgehead atoms. The minimum Gasteiger partial charge on any atom is -0.478 e. The molecule has 124 valence electrons. The first-order valence-corrected chi connectivity index (χ1v) is 7.92. The summed E-state index contributed by atoms with van der Waals surface area (Å²) in [5.41, 5.74) is 6.98. The smallest absolute Gasteiger partial charge is 0.213 e. The van der Waals surface area contributed by atoms with Crippen molar-refractivity contribution in [3.05, 3.63) is 23.9 Å². The maximum absolute atomic E-state index is 5.94. The van der Waals surface area contributed by atoms with Crippen molar-refractivity contribution < 1.29 is 4.74 Å². The second-order valence-electron chi connectivity index (χ2n) is 5.53. The van der Waals surface area contributed by atoms with Crippen LogP contribution in [-0.2, 0) is 6.54 Å². The van der Waals surface area contributed by atoms with Crippen molar-refractivity contribution in [2.45, 2.75) is 58.0 Å². The number of aliphatic imine (C=N–C) groups is 1. The molecule has 0 amide bonds. The average molecular weight is 418 g/mol. The highest BCUT2D eigenvalue weighted by molar-refractivity contribution is 14.0. The zero-order valence-corrected chi connectivity index (χ0v) is 15.6. The third-order valence-electron chi connectivity index (χ3n) is 3.64. The van der Waals surface area contributed by atoms with Crippen molar-refractivity contribution in [1.82, 2.24) is 10.3 Å². The number of pyridine rings is 1. The third kappa shape index (κ3) is 6.81. The second-order valence-corrected chi connectivity index (χ2v) is 5.53. The Morgan fingerprint density at radius 3 is 2.77 bits per heavy atom. The van der Waals surface area contributed by atoms with Gasteiger partial charge < -0.3 is 15.8 Å². The van der Waals surface area contributed by atoms with Gasteiger partial charge in [0.2, 0.25) is 5.88 Å². The molecule has 1 fully saturated rings. The van der Waals surface area contributed by atoms with E-state index < -0.39 is 0 Å². The predicted octanol–water partition coefficient (Wildman–Crippen LogP) is 3.23. The van der Waals surface area contributed by atoms with E-state index in [4.69, 9.17) is 10.5 Å². The number of rotatable bonds is 6. The molecule has 0 radical (unpaired) electrons. The molecular formula is C16H27IN4O. The van der Waals surface area contributed by atoms with E-state index in [2.05, 4.69) is 22.2 Å². The van der Waals surface area contributed by atoms with Crippen LogP contribution in [0.5, 0.6) is 5.88 Å². The zero-order valence-electron chi connectivity index (χ0n) is 13.3. The van der Waals surface area contributed by atoms with Crippen LogP contribution in [0.15, 0.2) is 23.3 Å². The van der Waals surface area contributed by atoms with E-state index in [-0.39, 0.29) is 24.0 Å². The van der Waals surface area contributed by atoms with Crippen LogP contribution in [0, 0.1) is 0 Å². The molecule has 1 aromatic rings. The highest BCUT2D eigenvalue weighted by Crippen LogP contribution is 2.17. The molecule has 0 saturated heterocycles. The number of nitrogens with zero attached hydrogens (tertiary/aromatic N) is 2. The first kappa shape index (κ1) is 19.0. The van der Waals surface area contributed by atoms with Crippen molar-refractivity contribution in [2.24, 2.45) is 10.7 Å². The first-order chi connectivity index (χ1) is 10.3. The molecule has 1 saturated carbocycles. The molecular weight excluding hydrogens is 391 g/mol. The van der Waals surface area contributed by atoms with Gasteiger partial charge in [-0.25, -0.2) is 9.98 Å². The van der Waals surface area contributed by atoms with Crippen molar-refractivity contribution in [2.75, 3.05) is 6.61 Å². The topological polar surface area (TPSA) is 72.5 Å². The van der Waals surface area contributed by atoms with E-state index in [9.17, 15) is 0 Å². The van der Waals surface area contributed by atoms with Gasteiger partial charge in [0.15, 0.2) is 5.96 Å². The Kier molecular flexibility index (Phi) is 9.19. The zero-order chi connectivity index (χ0) is 14.9. The number of ether oxygens (including phenoxy) is 1. The molecule has 5 nitrogen and oxygen atoms in total. The number of hydrogen-bond donors (Lipinski definition) is 2. The summed E-state index contributed by atoms with van der Waals surface area (Å²) >= 11 is 0. The van der Waals surface area contributed by atoms with Gasteiger partial charge in [-0.05, 0) is 24.8 Å². The Morgan fingerprint density at radius 1 is 1.36 bits per heavy atom. The van der Waals surface area contributed by atoms with Gasteiger partial charge in [-0.3, -0.25) is 0 Å². The van der Waals surface area contributed by atoms with Crippen LogP contribution in [0.3, 0.4) is 0 Å². The van der Waals surface area contributed by atoms with Crippen LogP contribution in [0.4, 0.5) is 0 Å². The maximum Gasteiger partial charge on any atom is 0.213 e. The Bertz CT molecular complexity index is 444. The van der Waals surface area contributed by atoms with E-state index in [1.54, 1.807) is 6.20 Å². The molecule has 0 aromatic carbocycles. The van der Waals surface area contributed by atoms with Crippen molar-refractivity contribution >= 4 is 29.9 Å². The summed E-state index contributed by atoms with van der Waals surface area (Å²) in [7, 11) is 0. The molecule has 0 atom stereocenters. The van der Waals surface area contributed by atoms with Gasteiger partial charge >= 0.3 is 0 Å². The van der Waals surface area contributed by atoms with E-state index in [1.165, 1.54) is 32.1 Å². The second kappa shape index (κ2) is 10.6. The molecule has 1 heterocycles. The largest absolute Gasteiger partial charge is 0.478 e. The van der Waals surface area contributed by atoms with Crippen LogP contribution in [0.1, 0.15) is 51.0 Å². The van der Waals surface area contributed by atoms with E-state index >= 15 is 0 Å². The van der Waals surface area contributed by atoms with Gasteiger partial charge in [0.25, 0.3) is 0 Å². The lowest BCUT2D eigenvalue weighted by atomic mass is 9.96. The number of nitrogens with two attached hydrogens (primary N) is 1. The molecule has 22 heavy (non-hydrogen) atoms. The number of guanidine groups is 1. The van der Waals surface area contributed by atoms with Crippen LogP contribution in [0.2, 0.25) is 0 Å². The molecule has 1 aromatic heterocycles. The summed E-state index contributed by atoms with van der Waals surface area (Å²) in [4.78, 5) is 8.64. The SMILES string of the molecule is CCCOc1ccc(CN=C(N)NC2CCCCC2)cn1.I. The van der Waals surface area contributed by atoms with Gasteiger partial charge in [-0.15, -0.1) is 24.0 Å². The maximum atomic E-state index is 5.94. The molecule has 1 aliphatic rings. The first-order valence-electron chi connectivity index (χ1n) is 7.92. The van der Waals surface area contributed by atoms with Crippen LogP contribution >= 0.6 is 24.0 Å². The minimum atomic E-state index is 0. The van der Waals surface area contributed by atoms with Crippen LogP contribution < -0.4 is 15.8 Å². The van der Waals surface area contributed by atoms with Crippen LogP contribution in [0.25, 0.3) is 0 Å². The molecule has 1 aliphatic carbocycles. The summed E-state index contributed by atoms with van der Waals surface area (Å²) in [6, 6.07) is 4.35. The predicted molar refractivity (Wildman–Crippen MR) is 101 cm³/mol. The fourth-order valence-electron chi connectivity index (χ4n) is 2.47. The van der Waals surface area contributed by atoms with Crippen molar-refractivity contribution in [3.8, 4) is 5.88 Å². The normalized spacial score (nSPS) is 16.0. The Labute approximate surface area is 150 Å². The van der Waals surface area contributed by atoms with E-state index in [0.29, 0.717) is 31.0 Å². The van der Waals surface area contributed by atoms with Gasteiger partial charge in [0, 0.05) is 18.3 Å². The standard InChI is InChI=1S/C16H26N4O.HI/c1-2-10-21-15-9-8-13(11-18-15)12-19-16(17)20-14-6-4-3-5-7-14;/h8-9,11,14H,2-7,10,12H2,1H3,(H3,17,19,20);1H. The summed E-state index contributed by atoms with van der Waals surface area (Å²) in [6.45, 7) is 3.32. The lowest BCUT2D eigenvalue weighted by Crippen LogP contribution is -2.41. The van der Waals surface area contributed by atoms with Crippen LogP contribution in [-0.4, -0.2) is 23.6 Å². The Balaban J connectivity index is 0.00000242. The summed E-state index contributed by atoms with van der Waals surface area (Å²) in [6.07, 6.45) is 9.08. The van der Waals surface area contributed by atoms with Gasteiger partial charge in [-0.1, -0.05) is 32.3 Å². The number of nitrogens with one attached hydrogen (secondary N) is 1. The molecule has 0 spiro atoms. The van der Waals surface area contributed by atoms with E-state index in [0.717, 1.165) is 12.0 Å². The lowest BCUT2D eigenvalue weighted by Gasteiger charge is -2.23. The Morgan fingerprint density at radius 2 is 2.14 bits per heavy atom. The van der Waals surface area contributed by atoms with Gasteiger partial charge in [0.05, 0.1) is 13.2 Å². The molecule has 0 unspecified atom stereocenters. The van der Waals surface area contributed by atoms with Gasteiger partial charge in [-0.2, -0.15) is 0 Å². The summed E-state index contributed by atoms with van der Waals surface area (Å²) < 4.78 is 5.45. The molecule has 0 aliphatic heterocycles. The fraction of sp³-hybridized carbons (Fsp3) is 0.625. The number of halogens is 1. The van der Waals surface area contributed by atoms with Crippen molar-refractivity contribution in [3.63, 3.8) is 0 Å². The van der Waals surface area contributed by atoms with Crippen molar-refractivity contribution in [1.29, 1.82) is 0 Å². The highest BCUT2D eigenvalue weighted by Gasteiger charge is 2.13. The average Bonchev–Trinajstić information content (AvgIpc) is 2.53. The Hall–Kier alpha value is -1.05. The summed E-state index contributed by atoms with van der Waals surface area (Å²) in [5.74, 6) is 1.20. The van der Waals surface area contributed by atoms with Gasteiger partial charge in [0.1, 0.15) is 0 Å². The fourth-order valence-corrected chi connectivity index (χ4v) is 2.47. The molecule has 6 heteroatoms. The molecule has 3 N–H and O–H groups in total. The highest BCUT2D eigenvalue weighted by atomic mass is 127.